The lowest BCUT2D eigenvalue weighted by Crippen LogP contribution is -1.92. The van der Waals surface area contributed by atoms with Gasteiger partial charge in [0.1, 0.15) is 11.7 Å². The Morgan fingerprint density at radius 1 is 1.89 bits per heavy atom. The van der Waals surface area contributed by atoms with Gasteiger partial charge in [0, 0.05) is 6.20 Å². The lowest BCUT2D eigenvalue weighted by molar-refractivity contribution is 0.111. The molecule has 0 saturated heterocycles. The van der Waals surface area contributed by atoms with Crippen LogP contribution < -0.4 is 0 Å². The number of carbonyl (C=O) groups is 1. The number of alkyl halides is 1. The average molecular weight is 145 g/mol. The molecule has 1 rings (SSSR count). The van der Waals surface area contributed by atoms with Crippen LogP contribution in [-0.2, 0) is 6.00 Å². The van der Waals surface area contributed by atoms with Gasteiger partial charge in [-0.1, -0.05) is 0 Å². The van der Waals surface area contributed by atoms with Crippen LogP contribution in [0.25, 0.3) is 0 Å². The van der Waals surface area contributed by atoms with Crippen LogP contribution >= 0.6 is 11.6 Å². The fraction of sp³-hybridized carbons (Fsp3) is 0.200. The van der Waals surface area contributed by atoms with Gasteiger partial charge in [0.05, 0.1) is 0 Å². The zero-order valence-corrected chi connectivity index (χ0v) is 5.38. The fourth-order valence-corrected chi connectivity index (χ4v) is 0.640. The van der Waals surface area contributed by atoms with Gasteiger partial charge >= 0.3 is 0 Å². The highest BCUT2D eigenvalue weighted by molar-refractivity contribution is 6.15. The van der Waals surface area contributed by atoms with Gasteiger partial charge in [-0.25, -0.2) is 0 Å². The van der Waals surface area contributed by atoms with E-state index in [-0.39, 0.29) is 6.00 Å². The van der Waals surface area contributed by atoms with Crippen molar-refractivity contribution in [3.63, 3.8) is 0 Å². The molecule has 0 atom stereocenters. The second-order valence-corrected chi connectivity index (χ2v) is 1.76. The molecule has 0 saturated carbocycles. The predicted molar refractivity (Wildman–Crippen MR) is 33.5 cm³/mol. The van der Waals surface area contributed by atoms with Crippen molar-refractivity contribution in [1.29, 1.82) is 0 Å². The van der Waals surface area contributed by atoms with Gasteiger partial charge in [-0.2, -0.15) is 5.10 Å². The molecule has 3 nitrogen and oxygen atoms in total. The van der Waals surface area contributed by atoms with Gasteiger partial charge < -0.3 is 0 Å². The van der Waals surface area contributed by atoms with Crippen molar-refractivity contribution in [2.24, 2.45) is 0 Å². The number of hydrogen-bond donors (Lipinski definition) is 0. The van der Waals surface area contributed by atoms with Crippen molar-refractivity contribution < 1.29 is 4.79 Å². The molecule has 9 heavy (non-hydrogen) atoms. The summed E-state index contributed by atoms with van der Waals surface area (Å²) in [6.45, 7) is 0. The third-order valence-electron chi connectivity index (χ3n) is 0.904. The van der Waals surface area contributed by atoms with Crippen LogP contribution in [0.2, 0.25) is 0 Å². The molecule has 1 heterocycles. The maximum absolute atomic E-state index is 10.0. The molecule has 48 valence electrons. The summed E-state index contributed by atoms with van der Waals surface area (Å²) in [7, 11) is 0. The highest BCUT2D eigenvalue weighted by Gasteiger charge is 1.92. The van der Waals surface area contributed by atoms with E-state index in [4.69, 9.17) is 11.6 Å². The normalized spacial score (nSPS) is 9.44. The molecule has 0 fully saturated rings. The summed E-state index contributed by atoms with van der Waals surface area (Å²) in [5.41, 5.74) is 0.413. The van der Waals surface area contributed by atoms with Crippen molar-refractivity contribution >= 4 is 17.9 Å². The molecule has 0 bridgehead atoms. The molecule has 1 aromatic rings. The zero-order chi connectivity index (χ0) is 6.69. The Morgan fingerprint density at radius 3 is 3.00 bits per heavy atom. The lowest BCUT2D eigenvalue weighted by Gasteiger charge is -1.86. The summed E-state index contributed by atoms with van der Waals surface area (Å²) in [4.78, 5) is 10.0. The van der Waals surface area contributed by atoms with E-state index in [0.29, 0.717) is 12.0 Å². The quantitative estimate of drug-likeness (QED) is 0.457. The van der Waals surface area contributed by atoms with E-state index < -0.39 is 0 Å². The molecule has 1 aromatic heterocycles. The van der Waals surface area contributed by atoms with Crippen LogP contribution in [0.15, 0.2) is 12.3 Å². The number of nitrogens with zero attached hydrogens (tertiary/aromatic N) is 2. The number of rotatable bonds is 2. The van der Waals surface area contributed by atoms with Gasteiger partial charge in [-0.15, -0.1) is 11.6 Å². The monoisotopic (exact) mass is 144 g/mol. The first-order chi connectivity index (χ1) is 4.36. The number of carbonyl (C=O) groups excluding carboxylic acids is 1. The molecule has 0 amide bonds. The predicted octanol–water partition coefficient (Wildman–Crippen LogP) is 0.892. The van der Waals surface area contributed by atoms with Crippen LogP contribution in [0, 0.1) is 0 Å². The first kappa shape index (κ1) is 6.29. The van der Waals surface area contributed by atoms with Crippen LogP contribution in [0.5, 0.6) is 0 Å². The molecule has 0 N–H and O–H groups in total. The lowest BCUT2D eigenvalue weighted by atomic mass is 10.5. The van der Waals surface area contributed by atoms with E-state index in [1.165, 1.54) is 4.68 Å². The van der Waals surface area contributed by atoms with Gasteiger partial charge in [0.2, 0.25) is 0 Å². The summed E-state index contributed by atoms with van der Waals surface area (Å²) in [6, 6.07) is 1.89. The van der Waals surface area contributed by atoms with E-state index in [2.05, 4.69) is 5.10 Å². The second-order valence-electron chi connectivity index (χ2n) is 1.52. The fourth-order valence-electron chi connectivity index (χ4n) is 0.507. The highest BCUT2D eigenvalue weighted by atomic mass is 35.5. The van der Waals surface area contributed by atoms with Gasteiger partial charge in [-0.05, 0) is 6.07 Å². The second kappa shape index (κ2) is 2.64. The maximum atomic E-state index is 10.0. The van der Waals surface area contributed by atoms with Crippen molar-refractivity contribution in [2.75, 3.05) is 0 Å². The molecule has 4 heteroatoms. The van der Waals surface area contributed by atoms with E-state index in [1.54, 1.807) is 12.3 Å². The average Bonchev–Trinajstić information content (AvgIpc) is 2.34. The first-order valence-corrected chi connectivity index (χ1v) is 2.95. The molecule has 0 aliphatic heterocycles. The summed E-state index contributed by atoms with van der Waals surface area (Å²) < 4.78 is 1.48. The summed E-state index contributed by atoms with van der Waals surface area (Å²) in [6.07, 6.45) is 2.33. The Labute approximate surface area is 57.2 Å². The van der Waals surface area contributed by atoms with Crippen molar-refractivity contribution in [1.82, 2.24) is 9.78 Å². The molecule has 0 unspecified atom stereocenters. The Kier molecular flexibility index (Phi) is 1.85. The number of aromatic nitrogens is 2. The molecule has 0 radical (unpaired) electrons. The summed E-state index contributed by atoms with van der Waals surface area (Å²) >= 11 is 5.38. The van der Waals surface area contributed by atoms with E-state index in [0.717, 1.165) is 0 Å². The van der Waals surface area contributed by atoms with Crippen molar-refractivity contribution in [2.45, 2.75) is 6.00 Å². The Balaban J connectivity index is 2.86. The summed E-state index contributed by atoms with van der Waals surface area (Å²) in [5.74, 6) is 0. The molecule has 0 spiro atoms. The zero-order valence-electron chi connectivity index (χ0n) is 4.62. The smallest absolute Gasteiger partial charge is 0.170 e. The van der Waals surface area contributed by atoms with Gasteiger partial charge in [0.25, 0.3) is 0 Å². The largest absolute Gasteiger partial charge is 0.296 e. The molecular formula is C5H5ClN2O. The molecule has 0 aliphatic rings. The molecule has 0 aliphatic carbocycles. The topological polar surface area (TPSA) is 34.9 Å². The van der Waals surface area contributed by atoms with E-state index in [9.17, 15) is 4.79 Å². The minimum Gasteiger partial charge on any atom is -0.296 e. The third kappa shape index (κ3) is 1.29. The number of aldehydes is 1. The van der Waals surface area contributed by atoms with Crippen LogP contribution in [0.3, 0.4) is 0 Å². The van der Waals surface area contributed by atoms with Crippen molar-refractivity contribution in [3.05, 3.63) is 18.0 Å². The maximum Gasteiger partial charge on any atom is 0.170 e. The van der Waals surface area contributed by atoms with Crippen LogP contribution in [-0.4, -0.2) is 16.1 Å². The Hall–Kier alpha value is -0.830. The first-order valence-electron chi connectivity index (χ1n) is 2.41. The molecular weight excluding hydrogens is 140 g/mol. The number of hydrogen-bond acceptors (Lipinski definition) is 2. The highest BCUT2D eigenvalue weighted by Crippen LogP contribution is 1.92. The van der Waals surface area contributed by atoms with Gasteiger partial charge in [-0.3, -0.25) is 9.48 Å². The molecule has 0 aromatic carbocycles. The standard InChI is InChI=1S/C5H5ClN2O/c6-4-8-2-1-5(3-9)7-8/h1-3H,4H2. The SMILES string of the molecule is O=Cc1ccn(CCl)n1. The Bertz CT molecular complexity index is 208. The van der Waals surface area contributed by atoms with Crippen LogP contribution in [0.1, 0.15) is 10.5 Å². The summed E-state index contributed by atoms with van der Waals surface area (Å²) in [5, 5.41) is 3.76. The minimum atomic E-state index is 0.286. The van der Waals surface area contributed by atoms with Gasteiger partial charge in [0.15, 0.2) is 6.29 Å². The third-order valence-corrected chi connectivity index (χ3v) is 1.15. The number of halogens is 1. The van der Waals surface area contributed by atoms with Crippen LogP contribution in [0.4, 0.5) is 0 Å². The minimum absolute atomic E-state index is 0.286. The van der Waals surface area contributed by atoms with E-state index in [1.807, 2.05) is 0 Å². The Morgan fingerprint density at radius 2 is 2.67 bits per heavy atom. The van der Waals surface area contributed by atoms with E-state index >= 15 is 0 Å². The van der Waals surface area contributed by atoms with Crippen molar-refractivity contribution in [3.8, 4) is 0 Å².